The molecule has 35 heavy (non-hydrogen) atoms. The first-order valence-corrected chi connectivity index (χ1v) is 13.1. The van der Waals surface area contributed by atoms with E-state index in [1.807, 2.05) is 31.2 Å². The van der Waals surface area contributed by atoms with Crippen LogP contribution in [0.2, 0.25) is 10.0 Å². The maximum absolute atomic E-state index is 13.1. The number of aromatic nitrogens is 2. The van der Waals surface area contributed by atoms with Gasteiger partial charge in [0.05, 0.1) is 37.8 Å². The van der Waals surface area contributed by atoms with Crippen molar-refractivity contribution in [2.75, 3.05) is 7.11 Å². The standard InChI is InChI=1S/C25H19BrCl2IN3O3/c1-3-23-31-21-7-5-16(26)11-17(21)25(33)32(23)30-12-15-9-20(29)24(22(10-15)34-2)35-13-14-4-6-18(27)19(28)8-14/h4-12H,3,13H2,1-2H3. The second-order valence-electron chi connectivity index (χ2n) is 7.48. The molecule has 0 bridgehead atoms. The van der Waals surface area contributed by atoms with E-state index in [4.69, 9.17) is 32.7 Å². The average molecular weight is 687 g/mol. The van der Waals surface area contributed by atoms with Crippen LogP contribution in [-0.4, -0.2) is 23.0 Å². The molecule has 0 saturated carbocycles. The van der Waals surface area contributed by atoms with Gasteiger partial charge in [-0.2, -0.15) is 9.78 Å². The summed E-state index contributed by atoms with van der Waals surface area (Å²) in [5, 5.41) is 5.91. The van der Waals surface area contributed by atoms with Crippen molar-refractivity contribution in [1.82, 2.24) is 9.66 Å². The first-order valence-electron chi connectivity index (χ1n) is 10.5. The third-order valence-corrected chi connectivity index (χ3v) is 7.17. The van der Waals surface area contributed by atoms with E-state index in [0.717, 1.165) is 19.2 Å². The minimum Gasteiger partial charge on any atom is -0.493 e. The van der Waals surface area contributed by atoms with Gasteiger partial charge < -0.3 is 9.47 Å². The number of benzene rings is 3. The maximum atomic E-state index is 13.1. The molecule has 0 spiro atoms. The second-order valence-corrected chi connectivity index (χ2v) is 10.4. The molecule has 0 fully saturated rings. The van der Waals surface area contributed by atoms with E-state index in [9.17, 15) is 4.79 Å². The van der Waals surface area contributed by atoms with Gasteiger partial charge in [0.25, 0.3) is 5.56 Å². The van der Waals surface area contributed by atoms with Gasteiger partial charge >= 0.3 is 0 Å². The molecule has 0 amide bonds. The highest BCUT2D eigenvalue weighted by Crippen LogP contribution is 2.34. The minimum atomic E-state index is -0.229. The SMILES string of the molecule is CCc1nc2ccc(Br)cc2c(=O)n1N=Cc1cc(I)c(OCc2ccc(Cl)c(Cl)c2)c(OC)c1. The summed E-state index contributed by atoms with van der Waals surface area (Å²) >= 11 is 17.7. The monoisotopic (exact) mass is 685 g/mol. The lowest BCUT2D eigenvalue weighted by Gasteiger charge is -2.14. The van der Waals surface area contributed by atoms with Gasteiger partial charge in [-0.1, -0.05) is 52.1 Å². The van der Waals surface area contributed by atoms with E-state index in [2.05, 4.69) is 48.6 Å². The summed E-state index contributed by atoms with van der Waals surface area (Å²) in [7, 11) is 1.57. The fraction of sp³-hybridized carbons (Fsp3) is 0.160. The molecule has 3 aromatic carbocycles. The summed E-state index contributed by atoms with van der Waals surface area (Å²) in [5.41, 5.74) is 2.04. The minimum absolute atomic E-state index is 0.229. The van der Waals surface area contributed by atoms with Gasteiger partial charge in [0.15, 0.2) is 11.5 Å². The van der Waals surface area contributed by atoms with Gasteiger partial charge in [0, 0.05) is 10.9 Å². The van der Waals surface area contributed by atoms with Gasteiger partial charge in [-0.25, -0.2) is 4.98 Å². The van der Waals surface area contributed by atoms with Crippen LogP contribution in [0.4, 0.5) is 0 Å². The average Bonchev–Trinajstić information content (AvgIpc) is 2.84. The molecule has 0 atom stereocenters. The Hall–Kier alpha value is -2.14. The van der Waals surface area contributed by atoms with Crippen molar-refractivity contribution in [3.8, 4) is 11.5 Å². The number of fused-ring (bicyclic) bond motifs is 1. The number of halogens is 4. The second kappa shape index (κ2) is 11.3. The van der Waals surface area contributed by atoms with Gasteiger partial charge in [-0.05, 0) is 76.2 Å². The molecule has 10 heteroatoms. The van der Waals surface area contributed by atoms with Crippen LogP contribution >= 0.6 is 61.7 Å². The molecule has 1 aromatic heterocycles. The molecular formula is C25H19BrCl2IN3O3. The van der Waals surface area contributed by atoms with Crippen molar-refractivity contribution in [3.05, 3.63) is 93.9 Å². The Labute approximate surface area is 234 Å². The van der Waals surface area contributed by atoms with Gasteiger partial charge in [0.1, 0.15) is 12.4 Å². The Morgan fingerprint density at radius 1 is 1.14 bits per heavy atom. The van der Waals surface area contributed by atoms with Crippen LogP contribution < -0.4 is 15.0 Å². The van der Waals surface area contributed by atoms with Gasteiger partial charge in [-0.3, -0.25) is 4.79 Å². The van der Waals surface area contributed by atoms with Crippen molar-refractivity contribution in [1.29, 1.82) is 0 Å². The van der Waals surface area contributed by atoms with E-state index in [0.29, 0.717) is 51.3 Å². The van der Waals surface area contributed by atoms with Crippen LogP contribution in [0, 0.1) is 3.57 Å². The smallest absolute Gasteiger partial charge is 0.282 e. The van der Waals surface area contributed by atoms with Crippen LogP contribution in [-0.2, 0) is 13.0 Å². The molecule has 0 saturated heterocycles. The molecule has 180 valence electrons. The van der Waals surface area contributed by atoms with Crippen LogP contribution in [0.1, 0.15) is 23.9 Å². The van der Waals surface area contributed by atoms with Crippen LogP contribution in [0.3, 0.4) is 0 Å². The Balaban J connectivity index is 1.65. The molecule has 6 nitrogen and oxygen atoms in total. The Bertz CT molecular complexity index is 1510. The summed E-state index contributed by atoms with van der Waals surface area (Å²) in [6, 6.07) is 14.5. The van der Waals surface area contributed by atoms with E-state index in [1.54, 1.807) is 37.6 Å². The topological polar surface area (TPSA) is 65.7 Å². The molecule has 0 aliphatic heterocycles. The molecule has 1 heterocycles. The lowest BCUT2D eigenvalue weighted by atomic mass is 10.2. The number of methoxy groups -OCH3 is 1. The van der Waals surface area contributed by atoms with Crippen molar-refractivity contribution < 1.29 is 9.47 Å². The lowest BCUT2D eigenvalue weighted by molar-refractivity contribution is 0.282. The fourth-order valence-corrected chi connectivity index (χ4v) is 4.87. The highest BCUT2D eigenvalue weighted by atomic mass is 127. The van der Waals surface area contributed by atoms with Crippen LogP contribution in [0.25, 0.3) is 10.9 Å². The van der Waals surface area contributed by atoms with E-state index >= 15 is 0 Å². The van der Waals surface area contributed by atoms with Crippen LogP contribution in [0.15, 0.2) is 62.9 Å². The first kappa shape index (κ1) is 25.9. The Morgan fingerprint density at radius 2 is 1.94 bits per heavy atom. The molecular weight excluding hydrogens is 668 g/mol. The molecule has 4 rings (SSSR count). The quantitative estimate of drug-likeness (QED) is 0.154. The van der Waals surface area contributed by atoms with Gasteiger partial charge in [0.2, 0.25) is 0 Å². The number of ether oxygens (including phenoxy) is 2. The zero-order valence-corrected chi connectivity index (χ0v) is 23.9. The van der Waals surface area contributed by atoms with E-state index < -0.39 is 0 Å². The lowest BCUT2D eigenvalue weighted by Crippen LogP contribution is -2.22. The Kier molecular flexibility index (Phi) is 8.36. The van der Waals surface area contributed by atoms with E-state index in [1.165, 1.54) is 4.68 Å². The predicted octanol–water partition coefficient (Wildman–Crippen LogP) is 7.10. The predicted molar refractivity (Wildman–Crippen MR) is 153 cm³/mol. The molecule has 4 aromatic rings. The summed E-state index contributed by atoms with van der Waals surface area (Å²) in [5.74, 6) is 1.71. The largest absolute Gasteiger partial charge is 0.493 e. The third-order valence-electron chi connectivity index (χ3n) is 5.13. The number of hydrogen-bond acceptors (Lipinski definition) is 5. The van der Waals surface area contributed by atoms with Crippen molar-refractivity contribution in [3.63, 3.8) is 0 Å². The zero-order chi connectivity index (χ0) is 25.1. The summed E-state index contributed by atoms with van der Waals surface area (Å²) in [6.45, 7) is 2.23. The van der Waals surface area contributed by atoms with E-state index in [-0.39, 0.29) is 5.56 Å². The molecule has 0 N–H and O–H groups in total. The number of hydrogen-bond donors (Lipinski definition) is 0. The molecule has 0 aliphatic rings. The maximum Gasteiger partial charge on any atom is 0.282 e. The molecule has 0 radical (unpaired) electrons. The van der Waals surface area contributed by atoms with Crippen molar-refractivity contribution in [2.45, 2.75) is 20.0 Å². The highest BCUT2D eigenvalue weighted by molar-refractivity contribution is 14.1. The fourth-order valence-electron chi connectivity index (χ4n) is 3.41. The van der Waals surface area contributed by atoms with Crippen LogP contribution in [0.5, 0.6) is 11.5 Å². The van der Waals surface area contributed by atoms with Crippen molar-refractivity contribution in [2.24, 2.45) is 5.10 Å². The number of aryl methyl sites for hydroxylation is 1. The van der Waals surface area contributed by atoms with Gasteiger partial charge in [-0.15, -0.1) is 0 Å². The summed E-state index contributed by atoms with van der Waals surface area (Å²) < 4.78 is 14.6. The summed E-state index contributed by atoms with van der Waals surface area (Å²) in [4.78, 5) is 17.7. The highest BCUT2D eigenvalue weighted by Gasteiger charge is 2.13. The third kappa shape index (κ3) is 5.82. The molecule has 0 unspecified atom stereocenters. The zero-order valence-electron chi connectivity index (χ0n) is 18.7. The first-order chi connectivity index (χ1) is 16.8. The number of rotatable bonds is 7. The number of nitrogens with zero attached hydrogens (tertiary/aromatic N) is 3. The summed E-state index contributed by atoms with van der Waals surface area (Å²) in [6.07, 6.45) is 2.17. The normalized spacial score (nSPS) is 11.4. The molecule has 0 aliphatic carbocycles. The van der Waals surface area contributed by atoms with Crippen molar-refractivity contribution >= 4 is 78.8 Å². The Morgan fingerprint density at radius 3 is 2.66 bits per heavy atom.